The number of aliphatic hydroxyl groups is 1. The van der Waals surface area contributed by atoms with Gasteiger partial charge in [-0.1, -0.05) is 0 Å². The number of ketones is 1. The number of aliphatic hydroxyl groups excluding tert-OH is 1. The minimum atomic E-state index is -0.671. The molecule has 4 rings (SSSR count). The van der Waals surface area contributed by atoms with Crippen molar-refractivity contribution in [3.8, 4) is 11.1 Å². The summed E-state index contributed by atoms with van der Waals surface area (Å²) in [6, 6.07) is 6.10. The fourth-order valence-electron chi connectivity index (χ4n) is 3.52. The Bertz CT molecular complexity index is 1340. The molecule has 0 saturated carbocycles. The van der Waals surface area contributed by atoms with Crippen molar-refractivity contribution >= 4 is 28.6 Å². The maximum absolute atomic E-state index is 15.3. The summed E-state index contributed by atoms with van der Waals surface area (Å²) in [6.45, 7) is 1.01. The summed E-state index contributed by atoms with van der Waals surface area (Å²) >= 11 is 0. The second kappa shape index (κ2) is 7.69. The molecule has 3 heterocycles. The molecule has 158 valence electrons. The van der Waals surface area contributed by atoms with Crippen molar-refractivity contribution in [2.75, 3.05) is 11.1 Å². The van der Waals surface area contributed by atoms with Gasteiger partial charge < -0.3 is 20.6 Å². The maximum atomic E-state index is 15.3. The molecule has 4 N–H and O–H groups in total. The number of nitrogens with one attached hydrogen (secondary N) is 1. The number of anilines is 2. The highest BCUT2D eigenvalue weighted by Crippen LogP contribution is 2.31. The number of halogens is 1. The molecule has 3 aromatic heterocycles. The standard InChI is InChI=1S/C22H20FN5O3/c1-12(30)17-10-28-9-15(24)3-4-19(28)20(17)22(31)26-18-6-13(11-29)5-16(21(18)23)14-7-25-27(2)8-14/h3-10,29H,11,24H2,1-2H3,(H,26,31). The molecule has 0 atom stereocenters. The van der Waals surface area contributed by atoms with Crippen LogP contribution >= 0.6 is 0 Å². The van der Waals surface area contributed by atoms with Crippen molar-refractivity contribution in [2.24, 2.45) is 7.05 Å². The molecule has 1 aromatic carbocycles. The zero-order chi connectivity index (χ0) is 22.3. The molecular formula is C22H20FN5O3. The number of amides is 1. The summed E-state index contributed by atoms with van der Waals surface area (Å²) in [7, 11) is 1.70. The van der Waals surface area contributed by atoms with Crippen LogP contribution in [-0.4, -0.2) is 31.0 Å². The van der Waals surface area contributed by atoms with Crippen molar-refractivity contribution in [3.05, 3.63) is 71.6 Å². The number of pyridine rings is 1. The zero-order valence-electron chi connectivity index (χ0n) is 16.9. The van der Waals surface area contributed by atoms with Gasteiger partial charge in [0.1, 0.15) is 0 Å². The van der Waals surface area contributed by atoms with Crippen LogP contribution in [0.5, 0.6) is 0 Å². The van der Waals surface area contributed by atoms with Crippen LogP contribution in [0, 0.1) is 5.82 Å². The minimum absolute atomic E-state index is 0.111. The molecule has 0 spiro atoms. The van der Waals surface area contributed by atoms with Crippen molar-refractivity contribution in [1.82, 2.24) is 14.2 Å². The first-order valence-corrected chi connectivity index (χ1v) is 9.43. The lowest BCUT2D eigenvalue weighted by atomic mass is 10.0. The molecule has 0 aliphatic rings. The number of aromatic nitrogens is 3. The first-order chi connectivity index (χ1) is 14.8. The van der Waals surface area contributed by atoms with Gasteiger partial charge in [0.15, 0.2) is 11.6 Å². The van der Waals surface area contributed by atoms with E-state index < -0.39 is 11.7 Å². The Morgan fingerprint density at radius 1 is 1.23 bits per heavy atom. The quantitative estimate of drug-likeness (QED) is 0.429. The van der Waals surface area contributed by atoms with E-state index in [1.807, 2.05) is 0 Å². The number of fused-ring (bicyclic) bond motifs is 1. The summed E-state index contributed by atoms with van der Waals surface area (Å²) in [5.41, 5.74) is 8.02. The van der Waals surface area contributed by atoms with Gasteiger partial charge in [0.2, 0.25) is 0 Å². The molecule has 9 heteroatoms. The molecule has 1 amide bonds. The lowest BCUT2D eigenvalue weighted by Crippen LogP contribution is -2.16. The van der Waals surface area contributed by atoms with Gasteiger partial charge in [0, 0.05) is 48.0 Å². The molecule has 0 bridgehead atoms. The predicted molar refractivity (Wildman–Crippen MR) is 114 cm³/mol. The molecule has 0 aliphatic heterocycles. The lowest BCUT2D eigenvalue weighted by Gasteiger charge is -2.12. The molecule has 0 radical (unpaired) electrons. The summed E-state index contributed by atoms with van der Waals surface area (Å²) < 4.78 is 18.4. The van der Waals surface area contributed by atoms with E-state index in [0.717, 1.165) is 0 Å². The van der Waals surface area contributed by atoms with E-state index in [2.05, 4.69) is 10.4 Å². The second-order valence-corrected chi connectivity index (χ2v) is 7.25. The summed E-state index contributed by atoms with van der Waals surface area (Å²) in [5, 5.41) is 16.2. The zero-order valence-corrected chi connectivity index (χ0v) is 16.9. The summed E-state index contributed by atoms with van der Waals surface area (Å²) in [5.74, 6) is -1.63. The van der Waals surface area contributed by atoms with Gasteiger partial charge in [-0.05, 0) is 36.8 Å². The average molecular weight is 421 g/mol. The number of hydrogen-bond donors (Lipinski definition) is 3. The van der Waals surface area contributed by atoms with Crippen molar-refractivity contribution < 1.29 is 19.1 Å². The van der Waals surface area contributed by atoms with Crippen LogP contribution in [0.4, 0.5) is 15.8 Å². The number of hydrogen-bond acceptors (Lipinski definition) is 5. The van der Waals surface area contributed by atoms with E-state index in [1.165, 1.54) is 36.1 Å². The Morgan fingerprint density at radius 2 is 2.00 bits per heavy atom. The lowest BCUT2D eigenvalue weighted by molar-refractivity contribution is 0.0987. The van der Waals surface area contributed by atoms with Gasteiger partial charge in [-0.2, -0.15) is 5.10 Å². The van der Waals surface area contributed by atoms with Crippen LogP contribution in [0.2, 0.25) is 0 Å². The number of carbonyl (C=O) groups excluding carboxylic acids is 2. The Labute approximate surface area is 176 Å². The van der Waals surface area contributed by atoms with Crippen molar-refractivity contribution in [1.29, 1.82) is 0 Å². The predicted octanol–water partition coefficient (Wildman–Crippen LogP) is 3.01. The third kappa shape index (κ3) is 3.66. The number of rotatable bonds is 5. The van der Waals surface area contributed by atoms with Crippen LogP contribution in [0.1, 0.15) is 33.2 Å². The normalized spacial score (nSPS) is 11.1. The van der Waals surface area contributed by atoms with Gasteiger partial charge >= 0.3 is 0 Å². The molecule has 0 fully saturated rings. The van der Waals surface area contributed by atoms with E-state index >= 15 is 4.39 Å². The minimum Gasteiger partial charge on any atom is -0.398 e. The number of aryl methyl sites for hydroxylation is 1. The first kappa shape index (κ1) is 20.3. The highest BCUT2D eigenvalue weighted by atomic mass is 19.1. The third-order valence-electron chi connectivity index (χ3n) is 4.98. The van der Waals surface area contributed by atoms with Crippen LogP contribution in [0.25, 0.3) is 16.6 Å². The first-order valence-electron chi connectivity index (χ1n) is 9.43. The van der Waals surface area contributed by atoms with Gasteiger partial charge in [-0.15, -0.1) is 0 Å². The Kier molecular flexibility index (Phi) is 5.04. The number of Topliss-reactive ketones (excluding diaryl/α,β-unsaturated/α-hetero) is 1. The van der Waals surface area contributed by atoms with Gasteiger partial charge in [0.05, 0.1) is 29.6 Å². The number of benzene rings is 1. The SMILES string of the molecule is CC(=O)c1cn2cc(N)ccc2c1C(=O)Nc1cc(CO)cc(-c2cnn(C)c2)c1F. The number of carbonyl (C=O) groups is 2. The van der Waals surface area contributed by atoms with Gasteiger partial charge in [-0.3, -0.25) is 14.3 Å². The van der Waals surface area contributed by atoms with Gasteiger partial charge in [0.25, 0.3) is 5.91 Å². The molecule has 8 nitrogen and oxygen atoms in total. The van der Waals surface area contributed by atoms with Crippen LogP contribution < -0.4 is 11.1 Å². The molecule has 4 aromatic rings. The van der Waals surface area contributed by atoms with Crippen molar-refractivity contribution in [3.63, 3.8) is 0 Å². The van der Waals surface area contributed by atoms with Crippen LogP contribution in [0.15, 0.2) is 49.1 Å². The fraction of sp³-hybridized carbons (Fsp3) is 0.136. The smallest absolute Gasteiger partial charge is 0.258 e. The van der Waals surface area contributed by atoms with Crippen LogP contribution in [-0.2, 0) is 13.7 Å². The Morgan fingerprint density at radius 3 is 2.65 bits per heavy atom. The fourth-order valence-corrected chi connectivity index (χ4v) is 3.52. The van der Waals surface area contributed by atoms with Crippen LogP contribution in [0.3, 0.4) is 0 Å². The summed E-state index contributed by atoms with van der Waals surface area (Å²) in [6.07, 6.45) is 6.23. The topological polar surface area (TPSA) is 115 Å². The number of nitrogen functional groups attached to an aromatic ring is 1. The number of nitrogens with two attached hydrogens (primary N) is 1. The van der Waals surface area contributed by atoms with Gasteiger partial charge in [-0.25, -0.2) is 4.39 Å². The third-order valence-corrected chi connectivity index (χ3v) is 4.98. The second-order valence-electron chi connectivity index (χ2n) is 7.25. The molecule has 0 aliphatic carbocycles. The Balaban J connectivity index is 1.81. The highest BCUT2D eigenvalue weighted by molar-refractivity contribution is 6.16. The van der Waals surface area contributed by atoms with Crippen molar-refractivity contribution in [2.45, 2.75) is 13.5 Å². The van der Waals surface area contributed by atoms with E-state index in [4.69, 9.17) is 5.73 Å². The van der Waals surface area contributed by atoms with E-state index in [-0.39, 0.29) is 34.8 Å². The molecule has 0 unspecified atom stereocenters. The highest BCUT2D eigenvalue weighted by Gasteiger charge is 2.23. The molecule has 31 heavy (non-hydrogen) atoms. The average Bonchev–Trinajstić information content (AvgIpc) is 3.32. The molecular weight excluding hydrogens is 401 g/mol. The van der Waals surface area contributed by atoms with E-state index in [1.54, 1.807) is 36.0 Å². The van der Waals surface area contributed by atoms with E-state index in [0.29, 0.717) is 22.3 Å². The molecule has 0 saturated heterocycles. The Hall–Kier alpha value is -3.98. The monoisotopic (exact) mass is 421 g/mol. The number of nitrogens with zero attached hydrogens (tertiary/aromatic N) is 3. The van der Waals surface area contributed by atoms with E-state index in [9.17, 15) is 14.7 Å². The maximum Gasteiger partial charge on any atom is 0.258 e. The summed E-state index contributed by atoms with van der Waals surface area (Å²) in [4.78, 5) is 25.3. The largest absolute Gasteiger partial charge is 0.398 e.